The highest BCUT2D eigenvalue weighted by atomic mass is 32.2. The topological polar surface area (TPSA) is 83.6 Å². The zero-order valence-corrected chi connectivity index (χ0v) is 12.8. The number of aromatic hydroxyl groups is 1. The van der Waals surface area contributed by atoms with Crippen molar-refractivity contribution in [2.24, 2.45) is 5.92 Å². The van der Waals surface area contributed by atoms with E-state index in [0.29, 0.717) is 12.5 Å². The number of anilines is 1. The number of benzene rings is 1. The SMILES string of the molecule is Nc1cc(S(=O)(=O)N2CCCC2C2CCCC2)ccc1O. The molecule has 1 aliphatic heterocycles. The molecule has 3 N–H and O–H groups in total. The molecule has 1 aliphatic carbocycles. The zero-order valence-electron chi connectivity index (χ0n) is 12.0. The summed E-state index contributed by atoms with van der Waals surface area (Å²) in [5.74, 6) is 0.416. The Kier molecular flexibility index (Phi) is 3.84. The summed E-state index contributed by atoms with van der Waals surface area (Å²) in [5, 5.41) is 9.47. The minimum Gasteiger partial charge on any atom is -0.506 e. The van der Waals surface area contributed by atoms with E-state index >= 15 is 0 Å². The zero-order chi connectivity index (χ0) is 15.0. The van der Waals surface area contributed by atoms with Gasteiger partial charge in [-0.3, -0.25) is 0 Å². The molecule has 1 aromatic rings. The first-order valence-electron chi connectivity index (χ1n) is 7.60. The van der Waals surface area contributed by atoms with Crippen LogP contribution in [0.25, 0.3) is 0 Å². The summed E-state index contributed by atoms with van der Waals surface area (Å²) in [6.45, 7) is 0.588. The van der Waals surface area contributed by atoms with Gasteiger partial charge >= 0.3 is 0 Å². The molecule has 1 unspecified atom stereocenters. The van der Waals surface area contributed by atoms with Crippen LogP contribution in [0.5, 0.6) is 5.75 Å². The fourth-order valence-corrected chi connectivity index (χ4v) is 5.50. The summed E-state index contributed by atoms with van der Waals surface area (Å²) in [6, 6.07) is 4.27. The van der Waals surface area contributed by atoms with E-state index in [-0.39, 0.29) is 22.4 Å². The highest BCUT2D eigenvalue weighted by Gasteiger charge is 2.40. The number of sulfonamides is 1. The first-order chi connectivity index (χ1) is 10.00. The maximum atomic E-state index is 12.9. The van der Waals surface area contributed by atoms with Gasteiger partial charge in [0.2, 0.25) is 10.0 Å². The maximum absolute atomic E-state index is 12.9. The van der Waals surface area contributed by atoms with E-state index in [1.807, 2.05) is 0 Å². The van der Waals surface area contributed by atoms with E-state index in [2.05, 4.69) is 0 Å². The second-order valence-electron chi connectivity index (χ2n) is 6.09. The molecule has 1 saturated carbocycles. The molecule has 1 aromatic carbocycles. The minimum atomic E-state index is -3.52. The van der Waals surface area contributed by atoms with E-state index in [1.54, 1.807) is 4.31 Å². The van der Waals surface area contributed by atoms with Crippen LogP contribution in [0, 0.1) is 5.92 Å². The number of phenols is 1. The van der Waals surface area contributed by atoms with Crippen molar-refractivity contribution in [1.82, 2.24) is 4.31 Å². The Balaban J connectivity index is 1.91. The number of phenolic OH excluding ortho intramolecular Hbond substituents is 1. The second kappa shape index (κ2) is 5.50. The van der Waals surface area contributed by atoms with Gasteiger partial charge in [-0.15, -0.1) is 0 Å². The molecule has 0 radical (unpaired) electrons. The van der Waals surface area contributed by atoms with E-state index in [4.69, 9.17) is 5.73 Å². The average molecular weight is 310 g/mol. The van der Waals surface area contributed by atoms with Gasteiger partial charge in [0.25, 0.3) is 0 Å². The van der Waals surface area contributed by atoms with E-state index < -0.39 is 10.0 Å². The van der Waals surface area contributed by atoms with Gasteiger partial charge in [0.05, 0.1) is 10.6 Å². The Morgan fingerprint density at radius 3 is 2.52 bits per heavy atom. The van der Waals surface area contributed by atoms with Gasteiger partial charge in [0.15, 0.2) is 0 Å². The van der Waals surface area contributed by atoms with Crippen molar-refractivity contribution in [1.29, 1.82) is 0 Å². The summed E-state index contributed by atoms with van der Waals surface area (Å²) in [4.78, 5) is 0.183. The number of nitrogens with two attached hydrogens (primary N) is 1. The van der Waals surface area contributed by atoms with Crippen LogP contribution in [0.2, 0.25) is 0 Å². The second-order valence-corrected chi connectivity index (χ2v) is 7.98. The van der Waals surface area contributed by atoms with Crippen LogP contribution in [0.3, 0.4) is 0 Å². The molecule has 3 rings (SSSR count). The normalized spacial score (nSPS) is 24.7. The van der Waals surface area contributed by atoms with Crippen LogP contribution in [-0.2, 0) is 10.0 Å². The van der Waals surface area contributed by atoms with E-state index in [0.717, 1.165) is 25.7 Å². The number of nitrogens with zero attached hydrogens (tertiary/aromatic N) is 1. The predicted molar refractivity (Wildman–Crippen MR) is 81.4 cm³/mol. The lowest BCUT2D eigenvalue weighted by Gasteiger charge is -2.28. The molecule has 0 bridgehead atoms. The van der Waals surface area contributed by atoms with Crippen LogP contribution >= 0.6 is 0 Å². The summed E-state index contributed by atoms with van der Waals surface area (Å²) in [7, 11) is -3.52. The molecule has 2 aliphatic rings. The van der Waals surface area contributed by atoms with Gasteiger partial charge in [0.1, 0.15) is 5.75 Å². The van der Waals surface area contributed by atoms with Gasteiger partial charge in [-0.05, 0) is 49.8 Å². The summed E-state index contributed by atoms with van der Waals surface area (Å²) < 4.78 is 27.4. The Morgan fingerprint density at radius 1 is 1.14 bits per heavy atom. The van der Waals surface area contributed by atoms with Gasteiger partial charge in [-0.1, -0.05) is 12.8 Å². The van der Waals surface area contributed by atoms with Crippen molar-refractivity contribution in [3.05, 3.63) is 18.2 Å². The smallest absolute Gasteiger partial charge is 0.243 e. The fourth-order valence-electron chi connectivity index (χ4n) is 3.71. The van der Waals surface area contributed by atoms with Crippen molar-refractivity contribution < 1.29 is 13.5 Å². The standard InChI is InChI=1S/C15H22N2O3S/c16-13-10-12(7-8-15(13)18)21(19,20)17-9-3-6-14(17)11-4-1-2-5-11/h7-8,10-11,14,18H,1-6,9,16H2. The Labute approximate surface area is 125 Å². The van der Waals surface area contributed by atoms with Crippen molar-refractivity contribution in [2.75, 3.05) is 12.3 Å². The van der Waals surface area contributed by atoms with Crippen LogP contribution in [0.1, 0.15) is 38.5 Å². The molecule has 0 aromatic heterocycles. The predicted octanol–water partition coefficient (Wildman–Crippen LogP) is 2.32. The largest absolute Gasteiger partial charge is 0.506 e. The molecule has 1 atom stereocenters. The maximum Gasteiger partial charge on any atom is 0.243 e. The van der Waals surface area contributed by atoms with E-state index in [9.17, 15) is 13.5 Å². The first kappa shape index (κ1) is 14.7. The van der Waals surface area contributed by atoms with Crippen molar-refractivity contribution in [3.63, 3.8) is 0 Å². The number of nitrogen functional groups attached to an aromatic ring is 1. The highest BCUT2D eigenvalue weighted by Crippen LogP contribution is 2.38. The fraction of sp³-hybridized carbons (Fsp3) is 0.600. The van der Waals surface area contributed by atoms with Gasteiger partial charge in [-0.25, -0.2) is 8.42 Å². The van der Waals surface area contributed by atoms with Gasteiger partial charge in [-0.2, -0.15) is 4.31 Å². The molecule has 116 valence electrons. The minimum absolute atomic E-state index is 0.0808. The third-order valence-corrected chi connectivity index (χ3v) is 6.72. The van der Waals surface area contributed by atoms with Crippen LogP contribution in [0.15, 0.2) is 23.1 Å². The molecule has 0 spiro atoms. The summed E-state index contributed by atoms with van der Waals surface area (Å²) in [6.07, 6.45) is 6.57. The van der Waals surface area contributed by atoms with Gasteiger partial charge in [0, 0.05) is 12.6 Å². The van der Waals surface area contributed by atoms with Crippen molar-refractivity contribution >= 4 is 15.7 Å². The molecular weight excluding hydrogens is 288 g/mol. The van der Waals surface area contributed by atoms with Gasteiger partial charge < -0.3 is 10.8 Å². The Bertz CT molecular complexity index is 624. The Hall–Kier alpha value is -1.27. The number of rotatable bonds is 3. The molecule has 2 fully saturated rings. The molecule has 1 heterocycles. The molecule has 0 amide bonds. The van der Waals surface area contributed by atoms with Crippen LogP contribution in [0.4, 0.5) is 5.69 Å². The van der Waals surface area contributed by atoms with Crippen molar-refractivity contribution in [2.45, 2.75) is 49.5 Å². The number of hydrogen-bond donors (Lipinski definition) is 2. The summed E-state index contributed by atoms with van der Waals surface area (Å²) in [5.41, 5.74) is 5.74. The molecule has 6 heteroatoms. The quantitative estimate of drug-likeness (QED) is 0.663. The van der Waals surface area contributed by atoms with E-state index in [1.165, 1.54) is 31.0 Å². The lowest BCUT2D eigenvalue weighted by Crippen LogP contribution is -2.39. The Morgan fingerprint density at radius 2 is 1.86 bits per heavy atom. The molecule has 1 saturated heterocycles. The lowest BCUT2D eigenvalue weighted by atomic mass is 9.97. The number of hydrogen-bond acceptors (Lipinski definition) is 4. The third kappa shape index (κ3) is 2.62. The average Bonchev–Trinajstić information content (AvgIpc) is 3.11. The van der Waals surface area contributed by atoms with Crippen LogP contribution in [-0.4, -0.2) is 30.4 Å². The monoisotopic (exact) mass is 310 g/mol. The molecule has 5 nitrogen and oxygen atoms in total. The van der Waals surface area contributed by atoms with Crippen molar-refractivity contribution in [3.8, 4) is 5.75 Å². The molecule has 21 heavy (non-hydrogen) atoms. The highest BCUT2D eigenvalue weighted by molar-refractivity contribution is 7.89. The lowest BCUT2D eigenvalue weighted by molar-refractivity contribution is 0.288. The van der Waals surface area contributed by atoms with Crippen LogP contribution < -0.4 is 5.73 Å². The molecular formula is C15H22N2O3S. The first-order valence-corrected chi connectivity index (χ1v) is 9.04. The third-order valence-electron chi connectivity index (χ3n) is 4.80. The summed E-state index contributed by atoms with van der Waals surface area (Å²) >= 11 is 0.